The number of benzene rings is 2. The maximum atomic E-state index is 11.0. The monoisotopic (exact) mass is 776 g/mol. The highest BCUT2D eigenvalue weighted by Crippen LogP contribution is 2.44. The van der Waals surface area contributed by atoms with E-state index >= 15 is 0 Å². The smallest absolute Gasteiger partial charge is 0.303 e. The molecule has 3 N–H and O–H groups in total. The number of carboxylic acids is 1. The first-order valence-electron chi connectivity index (χ1n) is 6.74. The number of phenols is 2. The van der Waals surface area contributed by atoms with Crippen LogP contribution in [0.4, 0.5) is 0 Å². The molecule has 8 heteroatoms. The number of carboxylic acid groups (broad SMARTS) is 1. The van der Waals surface area contributed by atoms with Gasteiger partial charge in [0.25, 0.3) is 0 Å². The van der Waals surface area contributed by atoms with E-state index in [0.717, 1.165) is 25.8 Å². The van der Waals surface area contributed by atoms with Crippen LogP contribution in [0.25, 0.3) is 11.1 Å². The van der Waals surface area contributed by atoms with E-state index in [9.17, 15) is 15.0 Å². The molecule has 0 radical (unpaired) electrons. The van der Waals surface area contributed by atoms with Crippen LogP contribution in [-0.2, 0) is 11.2 Å². The Morgan fingerprint density at radius 1 is 0.958 bits per heavy atom. The van der Waals surface area contributed by atoms with E-state index < -0.39 is 5.97 Å². The Balaban J connectivity index is 2.80. The molecule has 0 heterocycles. The number of phenolic OH excluding ortho intramolecular Hbond substituents is 2. The summed E-state index contributed by atoms with van der Waals surface area (Å²) < 4.78 is 2.81. The standard InChI is InChI=1S/C16H12I4O4/c1-6-4-8(17)15(23)13(19)11(6)12-7(2-3-10(21)22)5-9(18)16(24)14(12)20/h4-5,23-24H,2-3H2,1H3,(H,21,22). The van der Waals surface area contributed by atoms with Crippen LogP contribution in [0.1, 0.15) is 17.5 Å². The number of hydrogen-bond donors (Lipinski definition) is 3. The topological polar surface area (TPSA) is 77.8 Å². The molecule has 2 aromatic carbocycles. The summed E-state index contributed by atoms with van der Waals surface area (Å²) in [5.41, 5.74) is 3.45. The van der Waals surface area contributed by atoms with E-state index in [1.165, 1.54) is 0 Å². The molecule has 0 atom stereocenters. The Bertz CT molecular complexity index is 834. The Hall–Kier alpha value is 0.430. The van der Waals surface area contributed by atoms with Gasteiger partial charge in [0.05, 0.1) is 14.3 Å². The van der Waals surface area contributed by atoms with Crippen LogP contribution >= 0.6 is 90.4 Å². The number of carbonyl (C=O) groups is 1. The minimum atomic E-state index is -0.865. The predicted molar refractivity (Wildman–Crippen MR) is 127 cm³/mol. The van der Waals surface area contributed by atoms with Crippen LogP contribution < -0.4 is 0 Å². The first-order valence-corrected chi connectivity index (χ1v) is 11.1. The third-order valence-electron chi connectivity index (χ3n) is 3.53. The molecule has 0 aliphatic heterocycles. The normalized spacial score (nSPS) is 10.9. The summed E-state index contributed by atoms with van der Waals surface area (Å²) in [6, 6.07) is 3.71. The van der Waals surface area contributed by atoms with Gasteiger partial charge in [-0.1, -0.05) is 0 Å². The quantitative estimate of drug-likeness (QED) is 0.359. The molecule has 2 aromatic rings. The first-order chi connectivity index (χ1) is 11.1. The lowest BCUT2D eigenvalue weighted by atomic mass is 9.93. The van der Waals surface area contributed by atoms with Gasteiger partial charge in [-0.2, -0.15) is 0 Å². The van der Waals surface area contributed by atoms with Crippen molar-refractivity contribution >= 4 is 96.3 Å². The van der Waals surface area contributed by atoms with Crippen LogP contribution in [0, 0.1) is 21.2 Å². The number of halogens is 4. The number of rotatable bonds is 4. The van der Waals surface area contributed by atoms with Crippen molar-refractivity contribution in [2.45, 2.75) is 19.8 Å². The fourth-order valence-electron chi connectivity index (χ4n) is 2.40. The second-order valence-electron chi connectivity index (χ2n) is 5.16. The molecule has 0 bridgehead atoms. The van der Waals surface area contributed by atoms with Gasteiger partial charge in [0.15, 0.2) is 0 Å². The second kappa shape index (κ2) is 8.41. The van der Waals surface area contributed by atoms with Gasteiger partial charge < -0.3 is 15.3 Å². The van der Waals surface area contributed by atoms with Gasteiger partial charge in [0.1, 0.15) is 11.5 Å². The van der Waals surface area contributed by atoms with E-state index in [1.54, 1.807) is 0 Å². The largest absolute Gasteiger partial charge is 0.506 e. The molecule has 0 spiro atoms. The van der Waals surface area contributed by atoms with Crippen LogP contribution in [0.3, 0.4) is 0 Å². The summed E-state index contributed by atoms with van der Waals surface area (Å²) in [6.07, 6.45) is 0.370. The summed E-state index contributed by atoms with van der Waals surface area (Å²) >= 11 is 8.30. The molecular formula is C16H12I4O4. The summed E-state index contributed by atoms with van der Waals surface area (Å²) in [4.78, 5) is 11.0. The fraction of sp³-hybridized carbons (Fsp3) is 0.188. The van der Waals surface area contributed by atoms with Crippen molar-refractivity contribution in [1.29, 1.82) is 0 Å². The minimum Gasteiger partial charge on any atom is -0.506 e. The lowest BCUT2D eigenvalue weighted by Crippen LogP contribution is -2.03. The zero-order chi connectivity index (χ0) is 18.2. The average Bonchev–Trinajstić information content (AvgIpc) is 2.50. The Kier molecular flexibility index (Phi) is 7.27. The third-order valence-corrected chi connectivity index (χ3v) is 7.27. The summed E-state index contributed by atoms with van der Waals surface area (Å²) in [6.45, 7) is 1.95. The SMILES string of the molecule is Cc1cc(I)c(O)c(I)c1-c1c(CCC(=O)O)cc(I)c(O)c1I. The van der Waals surface area contributed by atoms with Crippen molar-refractivity contribution in [2.24, 2.45) is 0 Å². The van der Waals surface area contributed by atoms with Gasteiger partial charge in [0, 0.05) is 17.5 Å². The van der Waals surface area contributed by atoms with E-state index in [1.807, 2.05) is 41.6 Å². The molecule has 2 rings (SSSR count). The molecule has 0 amide bonds. The van der Waals surface area contributed by atoms with Crippen molar-refractivity contribution in [3.63, 3.8) is 0 Å². The highest BCUT2D eigenvalue weighted by atomic mass is 127. The Morgan fingerprint density at radius 3 is 2.00 bits per heavy atom. The molecule has 0 aromatic heterocycles. The van der Waals surface area contributed by atoms with Crippen molar-refractivity contribution in [1.82, 2.24) is 0 Å². The van der Waals surface area contributed by atoms with Crippen LogP contribution in [0.2, 0.25) is 0 Å². The van der Waals surface area contributed by atoms with Gasteiger partial charge in [-0.3, -0.25) is 4.79 Å². The number of aromatic hydroxyl groups is 2. The molecule has 128 valence electrons. The molecule has 0 saturated heterocycles. The van der Waals surface area contributed by atoms with Crippen molar-refractivity contribution in [3.05, 3.63) is 37.5 Å². The fourth-order valence-corrected chi connectivity index (χ4v) is 6.71. The summed E-state index contributed by atoms with van der Waals surface area (Å²) in [5.74, 6) is -0.482. The average molecular weight is 776 g/mol. The van der Waals surface area contributed by atoms with Crippen LogP contribution in [0.15, 0.2) is 12.1 Å². The lowest BCUT2D eigenvalue weighted by Gasteiger charge is -2.19. The van der Waals surface area contributed by atoms with E-state index in [-0.39, 0.29) is 17.9 Å². The Morgan fingerprint density at radius 2 is 1.46 bits per heavy atom. The van der Waals surface area contributed by atoms with E-state index in [0.29, 0.717) is 17.1 Å². The first kappa shape index (κ1) is 20.7. The molecule has 0 saturated carbocycles. The molecule has 0 fully saturated rings. The summed E-state index contributed by atoms with van der Waals surface area (Å²) in [7, 11) is 0. The van der Waals surface area contributed by atoms with Gasteiger partial charge in [-0.25, -0.2) is 0 Å². The maximum absolute atomic E-state index is 11.0. The highest BCUT2D eigenvalue weighted by molar-refractivity contribution is 14.1. The van der Waals surface area contributed by atoms with Crippen LogP contribution in [-0.4, -0.2) is 21.3 Å². The zero-order valence-corrected chi connectivity index (χ0v) is 21.0. The van der Waals surface area contributed by atoms with Gasteiger partial charge in [-0.15, -0.1) is 0 Å². The number of aryl methyl sites for hydroxylation is 2. The number of aliphatic carboxylic acids is 1. The number of hydrogen-bond acceptors (Lipinski definition) is 3. The van der Waals surface area contributed by atoms with Gasteiger partial charge >= 0.3 is 5.97 Å². The summed E-state index contributed by atoms with van der Waals surface area (Å²) in [5, 5.41) is 29.7. The molecule has 0 aliphatic carbocycles. The minimum absolute atomic E-state index is 0.00983. The zero-order valence-electron chi connectivity index (χ0n) is 12.3. The molecule has 0 aliphatic rings. The molecule has 24 heavy (non-hydrogen) atoms. The van der Waals surface area contributed by atoms with Gasteiger partial charge in [-0.05, 0) is 127 Å². The van der Waals surface area contributed by atoms with Crippen LogP contribution in [0.5, 0.6) is 11.5 Å². The van der Waals surface area contributed by atoms with E-state index in [2.05, 4.69) is 67.8 Å². The van der Waals surface area contributed by atoms with Crippen molar-refractivity contribution < 1.29 is 20.1 Å². The van der Waals surface area contributed by atoms with Gasteiger partial charge in [0.2, 0.25) is 0 Å². The molecule has 4 nitrogen and oxygen atoms in total. The van der Waals surface area contributed by atoms with E-state index in [4.69, 9.17) is 5.11 Å². The van der Waals surface area contributed by atoms with Crippen molar-refractivity contribution in [2.75, 3.05) is 0 Å². The van der Waals surface area contributed by atoms with Crippen molar-refractivity contribution in [3.8, 4) is 22.6 Å². The Labute approximate surface area is 194 Å². The molecular weight excluding hydrogens is 764 g/mol. The second-order valence-corrected chi connectivity index (χ2v) is 9.64. The third kappa shape index (κ3) is 4.22. The highest BCUT2D eigenvalue weighted by Gasteiger charge is 2.22. The molecule has 0 unspecified atom stereocenters. The predicted octanol–water partition coefficient (Wildman–Crippen LogP) is 5.51. The lowest BCUT2D eigenvalue weighted by molar-refractivity contribution is -0.136. The maximum Gasteiger partial charge on any atom is 0.303 e.